The molecule has 1 amide bonds. The smallest absolute Gasteiger partial charge is 0.255 e. The van der Waals surface area contributed by atoms with Gasteiger partial charge in [-0.05, 0) is 64.8 Å². The number of benzene rings is 2. The summed E-state index contributed by atoms with van der Waals surface area (Å²) < 4.78 is 12.9. The van der Waals surface area contributed by atoms with E-state index >= 15 is 0 Å². The highest BCUT2D eigenvalue weighted by molar-refractivity contribution is 6.04. The van der Waals surface area contributed by atoms with Gasteiger partial charge in [-0.1, -0.05) is 33.8 Å². The molecule has 120 valence electrons. The number of hydrogen-bond donors (Lipinski definition) is 1. The van der Waals surface area contributed by atoms with E-state index in [4.69, 9.17) is 0 Å². The second-order valence-electron chi connectivity index (χ2n) is 7.67. The molecule has 2 nitrogen and oxygen atoms in total. The Hall–Kier alpha value is -2.16. The van der Waals surface area contributed by atoms with E-state index in [2.05, 4.69) is 39.1 Å². The van der Waals surface area contributed by atoms with Crippen molar-refractivity contribution < 1.29 is 9.18 Å². The van der Waals surface area contributed by atoms with Crippen LogP contribution in [0.25, 0.3) is 0 Å². The fraction of sp³-hybridized carbons (Fsp3) is 0.350. The van der Waals surface area contributed by atoms with Crippen molar-refractivity contribution in [3.8, 4) is 0 Å². The third-order valence-corrected chi connectivity index (χ3v) is 4.73. The van der Waals surface area contributed by atoms with Crippen LogP contribution in [0.5, 0.6) is 0 Å². The predicted molar refractivity (Wildman–Crippen MR) is 91.5 cm³/mol. The molecule has 0 fully saturated rings. The Morgan fingerprint density at radius 1 is 0.957 bits per heavy atom. The minimum atomic E-state index is -0.315. The quantitative estimate of drug-likeness (QED) is 0.827. The molecular formula is C20H22FNO. The molecule has 23 heavy (non-hydrogen) atoms. The molecule has 0 unspecified atom stereocenters. The summed E-state index contributed by atoms with van der Waals surface area (Å²) in [5.74, 6) is -0.482. The first-order valence-electron chi connectivity index (χ1n) is 7.91. The Morgan fingerprint density at radius 2 is 1.57 bits per heavy atom. The van der Waals surface area contributed by atoms with Crippen LogP contribution < -0.4 is 5.32 Å². The van der Waals surface area contributed by atoms with Crippen LogP contribution in [0.3, 0.4) is 0 Å². The summed E-state index contributed by atoms with van der Waals surface area (Å²) in [6.07, 6.45) is 1.07. The Morgan fingerprint density at radius 3 is 2.22 bits per heavy atom. The Balaban J connectivity index is 1.90. The number of hydrogen-bond acceptors (Lipinski definition) is 1. The van der Waals surface area contributed by atoms with Gasteiger partial charge in [0.1, 0.15) is 5.82 Å². The van der Waals surface area contributed by atoms with Gasteiger partial charge in [0, 0.05) is 11.3 Å². The summed E-state index contributed by atoms with van der Waals surface area (Å²) in [5, 5.41) is 2.82. The van der Waals surface area contributed by atoms with Crippen molar-refractivity contribution >= 4 is 11.6 Å². The zero-order valence-corrected chi connectivity index (χ0v) is 14.0. The molecule has 0 aliphatic heterocycles. The van der Waals surface area contributed by atoms with Crippen LogP contribution in [0.2, 0.25) is 0 Å². The summed E-state index contributed by atoms with van der Waals surface area (Å²) in [6.45, 7) is 8.95. The summed E-state index contributed by atoms with van der Waals surface area (Å²) >= 11 is 0. The van der Waals surface area contributed by atoms with Gasteiger partial charge in [-0.2, -0.15) is 0 Å². The standard InChI is InChI=1S/C20H22FNO/c1-19(2)12-20(3,4)17-11-13(5-10-16(17)19)18(23)22-15-8-6-14(21)7-9-15/h5-11H,12H2,1-4H3,(H,22,23). The number of carbonyl (C=O) groups excluding carboxylic acids is 1. The normalized spacial score (nSPS) is 17.6. The molecule has 2 aromatic rings. The van der Waals surface area contributed by atoms with E-state index in [9.17, 15) is 9.18 Å². The van der Waals surface area contributed by atoms with E-state index in [1.54, 1.807) is 12.1 Å². The number of carbonyl (C=O) groups is 1. The fourth-order valence-electron chi connectivity index (χ4n) is 3.87. The van der Waals surface area contributed by atoms with Crippen molar-refractivity contribution in [2.24, 2.45) is 0 Å². The largest absolute Gasteiger partial charge is 0.322 e. The maximum Gasteiger partial charge on any atom is 0.255 e. The van der Waals surface area contributed by atoms with E-state index in [1.807, 2.05) is 12.1 Å². The van der Waals surface area contributed by atoms with Crippen molar-refractivity contribution in [2.45, 2.75) is 44.9 Å². The van der Waals surface area contributed by atoms with Crippen LogP contribution in [0.15, 0.2) is 42.5 Å². The molecule has 2 aromatic carbocycles. The summed E-state index contributed by atoms with van der Waals surface area (Å²) in [5.41, 5.74) is 3.99. The molecule has 3 heteroatoms. The average Bonchev–Trinajstić information content (AvgIpc) is 2.66. The van der Waals surface area contributed by atoms with Crippen molar-refractivity contribution in [1.29, 1.82) is 0 Å². The maximum atomic E-state index is 12.9. The van der Waals surface area contributed by atoms with Gasteiger partial charge in [0.2, 0.25) is 0 Å². The van der Waals surface area contributed by atoms with Gasteiger partial charge in [-0.25, -0.2) is 4.39 Å². The molecule has 1 aliphatic carbocycles. The highest BCUT2D eigenvalue weighted by Gasteiger charge is 2.41. The summed E-state index contributed by atoms with van der Waals surface area (Å²) in [7, 11) is 0. The van der Waals surface area contributed by atoms with Crippen molar-refractivity contribution in [3.63, 3.8) is 0 Å². The van der Waals surface area contributed by atoms with Crippen molar-refractivity contribution in [2.75, 3.05) is 5.32 Å². The molecule has 0 aromatic heterocycles. The van der Waals surface area contributed by atoms with Crippen molar-refractivity contribution in [3.05, 3.63) is 65.0 Å². The van der Waals surface area contributed by atoms with Crippen LogP contribution >= 0.6 is 0 Å². The number of nitrogens with one attached hydrogen (secondary N) is 1. The monoisotopic (exact) mass is 311 g/mol. The van der Waals surface area contributed by atoms with Gasteiger partial charge in [0.15, 0.2) is 0 Å². The highest BCUT2D eigenvalue weighted by atomic mass is 19.1. The number of amides is 1. The van der Waals surface area contributed by atoms with Gasteiger partial charge in [0.25, 0.3) is 5.91 Å². The molecule has 0 radical (unpaired) electrons. The van der Waals surface area contributed by atoms with Gasteiger partial charge in [0.05, 0.1) is 0 Å². The lowest BCUT2D eigenvalue weighted by atomic mass is 9.82. The summed E-state index contributed by atoms with van der Waals surface area (Å²) in [6, 6.07) is 11.8. The molecule has 0 saturated carbocycles. The van der Waals surface area contributed by atoms with Crippen LogP contribution in [0, 0.1) is 5.82 Å². The minimum Gasteiger partial charge on any atom is -0.322 e. The summed E-state index contributed by atoms with van der Waals surface area (Å²) in [4.78, 5) is 12.5. The van der Waals surface area contributed by atoms with Gasteiger partial charge in [-0.15, -0.1) is 0 Å². The molecule has 0 heterocycles. The lowest BCUT2D eigenvalue weighted by Gasteiger charge is -2.22. The Bertz CT molecular complexity index is 760. The van der Waals surface area contributed by atoms with E-state index < -0.39 is 0 Å². The first kappa shape index (κ1) is 15.7. The minimum absolute atomic E-state index is 0.0605. The first-order chi connectivity index (χ1) is 10.7. The third kappa shape index (κ3) is 2.88. The molecule has 1 aliphatic rings. The SMILES string of the molecule is CC1(C)CC(C)(C)c2cc(C(=O)Nc3ccc(F)cc3)ccc21. The first-order valence-corrected chi connectivity index (χ1v) is 7.91. The third-order valence-electron chi connectivity index (χ3n) is 4.73. The van der Waals surface area contributed by atoms with E-state index in [0.717, 1.165) is 6.42 Å². The molecule has 0 saturated heterocycles. The second kappa shape index (κ2) is 5.19. The fourth-order valence-corrected chi connectivity index (χ4v) is 3.87. The van der Waals surface area contributed by atoms with Crippen molar-refractivity contribution in [1.82, 2.24) is 0 Å². The van der Waals surface area contributed by atoms with Gasteiger partial charge >= 0.3 is 0 Å². The zero-order chi connectivity index (χ0) is 16.8. The maximum absolute atomic E-state index is 12.9. The molecule has 3 rings (SSSR count). The van der Waals surface area contributed by atoms with Gasteiger partial charge < -0.3 is 5.32 Å². The zero-order valence-electron chi connectivity index (χ0n) is 14.0. The highest BCUT2D eigenvalue weighted by Crippen LogP contribution is 2.49. The Kier molecular flexibility index (Phi) is 3.55. The number of halogens is 1. The van der Waals surface area contributed by atoms with E-state index in [1.165, 1.54) is 23.3 Å². The predicted octanol–water partition coefficient (Wildman–Crippen LogP) is 5.04. The lowest BCUT2D eigenvalue weighted by molar-refractivity contribution is 0.102. The van der Waals surface area contributed by atoms with Crippen LogP contribution in [0.1, 0.15) is 55.6 Å². The van der Waals surface area contributed by atoms with E-state index in [0.29, 0.717) is 11.3 Å². The molecular weight excluding hydrogens is 289 g/mol. The second-order valence-corrected chi connectivity index (χ2v) is 7.67. The molecule has 1 N–H and O–H groups in total. The molecule has 0 atom stereocenters. The number of rotatable bonds is 2. The van der Waals surface area contributed by atoms with E-state index in [-0.39, 0.29) is 22.6 Å². The topological polar surface area (TPSA) is 29.1 Å². The van der Waals surface area contributed by atoms with Crippen LogP contribution in [-0.2, 0) is 10.8 Å². The lowest BCUT2D eigenvalue weighted by Crippen LogP contribution is -2.18. The average molecular weight is 311 g/mol. The number of anilines is 1. The van der Waals surface area contributed by atoms with Crippen LogP contribution in [0.4, 0.5) is 10.1 Å². The molecule has 0 spiro atoms. The number of fused-ring (bicyclic) bond motifs is 1. The molecule has 0 bridgehead atoms. The van der Waals surface area contributed by atoms with Gasteiger partial charge in [-0.3, -0.25) is 4.79 Å². The Labute approximate surface area is 136 Å². The van der Waals surface area contributed by atoms with Crippen LogP contribution in [-0.4, -0.2) is 5.91 Å².